The second-order valence-electron chi connectivity index (χ2n) is 5.37. The summed E-state index contributed by atoms with van der Waals surface area (Å²) in [7, 11) is 0. The van der Waals surface area contributed by atoms with Crippen LogP contribution in [-0.2, 0) is 11.3 Å². The summed E-state index contributed by atoms with van der Waals surface area (Å²) in [4.78, 5) is 10.7. The number of halogens is 1. The predicted octanol–water partition coefficient (Wildman–Crippen LogP) is 3.07. The highest BCUT2D eigenvalue weighted by Gasteiger charge is 2.11. The van der Waals surface area contributed by atoms with Gasteiger partial charge in [-0.25, -0.2) is 4.39 Å². The number of hydrogen-bond acceptors (Lipinski definition) is 3. The van der Waals surface area contributed by atoms with Gasteiger partial charge in [0.2, 0.25) is 0 Å². The number of carbonyl (C=O) groups is 1. The van der Waals surface area contributed by atoms with E-state index in [1.54, 1.807) is 13.0 Å². The van der Waals surface area contributed by atoms with Gasteiger partial charge in [-0.05, 0) is 38.0 Å². The van der Waals surface area contributed by atoms with Crippen molar-refractivity contribution in [3.8, 4) is 6.07 Å². The third kappa shape index (κ3) is 5.92. The summed E-state index contributed by atoms with van der Waals surface area (Å²) in [5.41, 5.74) is 0.913. The van der Waals surface area contributed by atoms with E-state index in [1.165, 1.54) is 12.1 Å². The number of nitrogens with zero attached hydrogens (tertiary/aromatic N) is 1. The lowest BCUT2D eigenvalue weighted by atomic mass is 10.0. The SMILES string of the molecule is CC(CCCC(C)C(=O)O)NCc1cc(C#N)ccc1F. The van der Waals surface area contributed by atoms with Gasteiger partial charge >= 0.3 is 5.97 Å². The summed E-state index contributed by atoms with van der Waals surface area (Å²) < 4.78 is 13.6. The van der Waals surface area contributed by atoms with E-state index in [2.05, 4.69) is 5.32 Å². The standard InChI is InChI=1S/C16H21FN2O2/c1-11(16(20)21)4-3-5-12(2)19-10-14-8-13(9-18)6-7-15(14)17/h6-8,11-12,19H,3-5,10H2,1-2H3,(H,20,21). The minimum Gasteiger partial charge on any atom is -0.481 e. The first-order chi connectivity index (χ1) is 9.93. The van der Waals surface area contributed by atoms with Crippen LogP contribution in [0.1, 0.15) is 44.2 Å². The van der Waals surface area contributed by atoms with E-state index < -0.39 is 5.97 Å². The summed E-state index contributed by atoms with van der Waals surface area (Å²) in [6.45, 7) is 4.04. The van der Waals surface area contributed by atoms with Crippen molar-refractivity contribution in [1.82, 2.24) is 5.32 Å². The van der Waals surface area contributed by atoms with Gasteiger partial charge in [0.25, 0.3) is 0 Å². The number of aliphatic carboxylic acids is 1. The van der Waals surface area contributed by atoms with Gasteiger partial charge < -0.3 is 10.4 Å². The van der Waals surface area contributed by atoms with Gasteiger partial charge in [0.05, 0.1) is 17.6 Å². The first kappa shape index (κ1) is 17.1. The molecule has 1 rings (SSSR count). The molecule has 0 bridgehead atoms. The number of carboxylic acids is 1. The molecule has 0 amide bonds. The van der Waals surface area contributed by atoms with Crippen LogP contribution in [0.2, 0.25) is 0 Å². The lowest BCUT2D eigenvalue weighted by Gasteiger charge is -2.15. The molecule has 0 radical (unpaired) electrons. The Labute approximate surface area is 124 Å². The molecule has 0 aliphatic heterocycles. The molecule has 4 nitrogen and oxygen atoms in total. The zero-order valence-electron chi connectivity index (χ0n) is 12.4. The second-order valence-corrected chi connectivity index (χ2v) is 5.37. The molecule has 0 saturated heterocycles. The van der Waals surface area contributed by atoms with Gasteiger partial charge in [0.15, 0.2) is 0 Å². The predicted molar refractivity (Wildman–Crippen MR) is 78.1 cm³/mol. The maximum Gasteiger partial charge on any atom is 0.306 e. The molecule has 0 aliphatic carbocycles. The normalized spacial score (nSPS) is 13.4. The molecule has 21 heavy (non-hydrogen) atoms. The number of nitrogens with one attached hydrogen (secondary N) is 1. The van der Waals surface area contributed by atoms with E-state index in [9.17, 15) is 9.18 Å². The van der Waals surface area contributed by atoms with Crippen LogP contribution in [0.5, 0.6) is 0 Å². The van der Waals surface area contributed by atoms with E-state index in [0.717, 1.165) is 12.8 Å². The molecule has 1 aromatic rings. The average molecular weight is 292 g/mol. The Bertz CT molecular complexity index is 525. The molecule has 0 saturated carbocycles. The first-order valence-electron chi connectivity index (χ1n) is 7.08. The van der Waals surface area contributed by atoms with Crippen LogP contribution in [0.15, 0.2) is 18.2 Å². The van der Waals surface area contributed by atoms with Crippen LogP contribution in [0.3, 0.4) is 0 Å². The molecule has 0 heterocycles. The van der Waals surface area contributed by atoms with E-state index in [4.69, 9.17) is 10.4 Å². The molecule has 1 aromatic carbocycles. The number of hydrogen-bond donors (Lipinski definition) is 2. The minimum absolute atomic E-state index is 0.163. The molecule has 0 aromatic heterocycles. The van der Waals surface area contributed by atoms with Gasteiger partial charge in [0.1, 0.15) is 5.82 Å². The number of benzene rings is 1. The van der Waals surface area contributed by atoms with Gasteiger partial charge in [-0.15, -0.1) is 0 Å². The third-order valence-electron chi connectivity index (χ3n) is 3.51. The fourth-order valence-corrected chi connectivity index (χ4v) is 2.02. The number of rotatable bonds is 8. The second kappa shape index (κ2) is 8.38. The molecule has 0 aliphatic rings. The number of carboxylic acid groups (broad SMARTS) is 1. The molecule has 5 heteroatoms. The van der Waals surface area contributed by atoms with Crippen LogP contribution in [-0.4, -0.2) is 17.1 Å². The Morgan fingerprint density at radius 2 is 2.14 bits per heavy atom. The van der Waals surface area contributed by atoms with Crippen molar-refractivity contribution in [1.29, 1.82) is 5.26 Å². The molecule has 0 spiro atoms. The largest absolute Gasteiger partial charge is 0.481 e. The van der Waals surface area contributed by atoms with Crippen molar-refractivity contribution >= 4 is 5.97 Å². The van der Waals surface area contributed by atoms with E-state index in [0.29, 0.717) is 24.1 Å². The van der Waals surface area contributed by atoms with E-state index in [1.807, 2.05) is 13.0 Å². The van der Waals surface area contributed by atoms with Crippen LogP contribution >= 0.6 is 0 Å². The van der Waals surface area contributed by atoms with Gasteiger partial charge in [-0.2, -0.15) is 5.26 Å². The Balaban J connectivity index is 2.38. The molecular weight excluding hydrogens is 271 g/mol. The zero-order chi connectivity index (χ0) is 15.8. The van der Waals surface area contributed by atoms with Crippen LogP contribution in [0.4, 0.5) is 4.39 Å². The highest BCUT2D eigenvalue weighted by molar-refractivity contribution is 5.69. The summed E-state index contributed by atoms with van der Waals surface area (Å²) in [5, 5.41) is 20.8. The Morgan fingerprint density at radius 3 is 2.76 bits per heavy atom. The van der Waals surface area contributed by atoms with Gasteiger partial charge in [-0.3, -0.25) is 4.79 Å². The molecule has 0 fully saturated rings. The smallest absolute Gasteiger partial charge is 0.306 e. The Hall–Kier alpha value is -1.93. The Morgan fingerprint density at radius 1 is 1.43 bits per heavy atom. The minimum atomic E-state index is -0.772. The van der Waals surface area contributed by atoms with Gasteiger partial charge in [0, 0.05) is 18.2 Å². The highest BCUT2D eigenvalue weighted by atomic mass is 19.1. The van der Waals surface area contributed by atoms with E-state index in [-0.39, 0.29) is 17.8 Å². The zero-order valence-corrected chi connectivity index (χ0v) is 12.4. The monoisotopic (exact) mass is 292 g/mol. The maximum atomic E-state index is 13.6. The lowest BCUT2D eigenvalue weighted by Crippen LogP contribution is -2.26. The molecule has 2 unspecified atom stereocenters. The average Bonchev–Trinajstić information content (AvgIpc) is 2.46. The maximum absolute atomic E-state index is 13.6. The highest BCUT2D eigenvalue weighted by Crippen LogP contribution is 2.12. The molecule has 114 valence electrons. The van der Waals surface area contributed by atoms with Crippen molar-refractivity contribution in [3.05, 3.63) is 35.1 Å². The summed E-state index contributed by atoms with van der Waals surface area (Å²) >= 11 is 0. The van der Waals surface area contributed by atoms with Crippen LogP contribution < -0.4 is 5.32 Å². The van der Waals surface area contributed by atoms with Crippen molar-refractivity contribution < 1.29 is 14.3 Å². The number of nitriles is 1. The van der Waals surface area contributed by atoms with Crippen molar-refractivity contribution in [2.75, 3.05) is 0 Å². The topological polar surface area (TPSA) is 73.1 Å². The first-order valence-corrected chi connectivity index (χ1v) is 7.08. The summed E-state index contributed by atoms with van der Waals surface area (Å²) in [5.74, 6) is -1.43. The van der Waals surface area contributed by atoms with Crippen LogP contribution in [0, 0.1) is 23.1 Å². The fraction of sp³-hybridized carbons (Fsp3) is 0.500. The van der Waals surface area contributed by atoms with Crippen molar-refractivity contribution in [3.63, 3.8) is 0 Å². The van der Waals surface area contributed by atoms with Gasteiger partial charge in [-0.1, -0.05) is 13.3 Å². The summed E-state index contributed by atoms with van der Waals surface area (Å²) in [6, 6.07) is 6.45. The van der Waals surface area contributed by atoms with E-state index >= 15 is 0 Å². The fourth-order valence-electron chi connectivity index (χ4n) is 2.02. The molecule has 2 N–H and O–H groups in total. The van der Waals surface area contributed by atoms with Crippen molar-refractivity contribution in [2.24, 2.45) is 5.92 Å². The molecular formula is C16H21FN2O2. The lowest BCUT2D eigenvalue weighted by molar-refractivity contribution is -0.141. The van der Waals surface area contributed by atoms with Crippen LogP contribution in [0.25, 0.3) is 0 Å². The third-order valence-corrected chi connectivity index (χ3v) is 3.51. The summed E-state index contributed by atoms with van der Waals surface area (Å²) in [6.07, 6.45) is 2.28. The van der Waals surface area contributed by atoms with Crippen molar-refractivity contribution in [2.45, 2.75) is 45.7 Å². The Kier molecular flexibility index (Phi) is 6.83. The quantitative estimate of drug-likeness (QED) is 0.772. The molecule has 2 atom stereocenters.